The van der Waals surface area contributed by atoms with Crippen molar-refractivity contribution in [2.45, 2.75) is 18.1 Å². The van der Waals surface area contributed by atoms with Crippen LogP contribution in [0.2, 0.25) is 0 Å². The molecule has 168 valence electrons. The first kappa shape index (κ1) is 21.6. The fourth-order valence-electron chi connectivity index (χ4n) is 3.92. The fourth-order valence-corrected chi connectivity index (χ4v) is 5.22. The lowest BCUT2D eigenvalue weighted by Crippen LogP contribution is -2.32. The van der Waals surface area contributed by atoms with Crippen LogP contribution in [0.25, 0.3) is 16.9 Å². The Kier molecular flexibility index (Phi) is 5.88. The summed E-state index contributed by atoms with van der Waals surface area (Å²) in [5.74, 6) is 0.0380. The molecule has 5 rings (SSSR count). The molecule has 5 nitrogen and oxygen atoms in total. The van der Waals surface area contributed by atoms with Crippen LogP contribution in [0.3, 0.4) is 0 Å². The van der Waals surface area contributed by atoms with E-state index >= 15 is 0 Å². The Bertz CT molecular complexity index is 1240. The van der Waals surface area contributed by atoms with E-state index in [1.165, 1.54) is 24.3 Å². The molecule has 0 radical (unpaired) electrons. The van der Waals surface area contributed by atoms with Gasteiger partial charge in [0.25, 0.3) is 0 Å². The number of aromatic nitrogens is 2. The second kappa shape index (κ2) is 8.97. The minimum atomic E-state index is -0.663. The van der Waals surface area contributed by atoms with Crippen molar-refractivity contribution in [1.82, 2.24) is 14.7 Å². The summed E-state index contributed by atoms with van der Waals surface area (Å²) < 4.78 is 28.7. The van der Waals surface area contributed by atoms with Gasteiger partial charge in [-0.25, -0.2) is 13.5 Å². The Balaban J connectivity index is 1.56. The number of thioether (sulfide) groups is 1. The van der Waals surface area contributed by atoms with Crippen LogP contribution in [0.5, 0.6) is 5.75 Å². The van der Waals surface area contributed by atoms with Crippen LogP contribution in [0, 0.1) is 11.6 Å². The van der Waals surface area contributed by atoms with Crippen LogP contribution in [-0.2, 0) is 6.54 Å². The molecule has 1 unspecified atom stereocenters. The molecule has 1 aliphatic heterocycles. The van der Waals surface area contributed by atoms with Crippen LogP contribution in [0.15, 0.2) is 79.0 Å². The lowest BCUT2D eigenvalue weighted by atomic mass is 10.1. The summed E-state index contributed by atoms with van der Waals surface area (Å²) >= 11 is 1.60. The first-order valence-electron chi connectivity index (χ1n) is 10.4. The summed E-state index contributed by atoms with van der Waals surface area (Å²) in [6.07, 6.45) is 1.22. The predicted octanol–water partition coefficient (Wildman–Crippen LogP) is 5.09. The summed E-state index contributed by atoms with van der Waals surface area (Å²) in [4.78, 5) is 1.97. The number of hydrogen-bond acceptors (Lipinski definition) is 5. The lowest BCUT2D eigenvalue weighted by molar-refractivity contribution is 0.0195. The van der Waals surface area contributed by atoms with E-state index in [-0.39, 0.29) is 22.8 Å². The zero-order valence-corrected chi connectivity index (χ0v) is 18.3. The Labute approximate surface area is 193 Å². The topological polar surface area (TPSA) is 61.5 Å². The van der Waals surface area contributed by atoms with E-state index in [9.17, 15) is 19.0 Å². The Morgan fingerprint density at radius 1 is 0.909 bits per heavy atom. The van der Waals surface area contributed by atoms with Gasteiger partial charge in [-0.2, -0.15) is 5.10 Å². The number of rotatable bonds is 5. The second-order valence-electron chi connectivity index (χ2n) is 7.87. The van der Waals surface area contributed by atoms with E-state index in [0.29, 0.717) is 23.7 Å². The van der Waals surface area contributed by atoms with E-state index in [0.717, 1.165) is 16.7 Å². The molecule has 0 bridgehead atoms. The average Bonchev–Trinajstić information content (AvgIpc) is 3.40. The van der Waals surface area contributed by atoms with Crippen LogP contribution in [0.4, 0.5) is 8.78 Å². The van der Waals surface area contributed by atoms with Gasteiger partial charge in [0.1, 0.15) is 23.6 Å². The zero-order valence-electron chi connectivity index (χ0n) is 17.5. The van der Waals surface area contributed by atoms with Gasteiger partial charge in [0.05, 0.1) is 16.8 Å². The van der Waals surface area contributed by atoms with Crippen LogP contribution in [0.1, 0.15) is 16.5 Å². The molecule has 1 aromatic heterocycles. The molecule has 4 aromatic rings. The Hall–Kier alpha value is -3.20. The SMILES string of the molecule is Oc1ccc(CN2C(O)CS[C@@H]2c2cn(-c3ccc(F)cc3)nc2-c2ccc(F)cc2)cc1. The molecular weight excluding hydrogens is 444 g/mol. The van der Waals surface area contributed by atoms with Crippen molar-refractivity contribution in [2.24, 2.45) is 0 Å². The first-order chi connectivity index (χ1) is 16.0. The molecule has 0 saturated carbocycles. The third kappa shape index (κ3) is 4.50. The molecule has 2 atom stereocenters. The van der Waals surface area contributed by atoms with E-state index in [4.69, 9.17) is 5.10 Å². The van der Waals surface area contributed by atoms with Crippen LogP contribution < -0.4 is 0 Å². The number of aromatic hydroxyl groups is 1. The second-order valence-corrected chi connectivity index (χ2v) is 8.98. The van der Waals surface area contributed by atoms with Crippen molar-refractivity contribution < 1.29 is 19.0 Å². The standard InChI is InChI=1S/C25H21F2N3O2S/c26-18-5-3-17(4-6-18)24-22(14-30(28-24)20-9-7-19(27)8-10-20)25-29(23(32)15-33-25)13-16-1-11-21(31)12-2-16/h1-12,14,23,25,31-32H,13,15H2/t23?,25-/m1/s1. The zero-order chi connectivity index (χ0) is 22.9. The normalized spacial score (nSPS) is 18.6. The summed E-state index contributed by atoms with van der Waals surface area (Å²) in [7, 11) is 0. The molecule has 2 N–H and O–H groups in total. The molecule has 1 saturated heterocycles. The first-order valence-corrected chi connectivity index (χ1v) is 11.5. The Morgan fingerprint density at radius 2 is 1.55 bits per heavy atom. The van der Waals surface area contributed by atoms with Crippen molar-refractivity contribution in [3.05, 3.63) is 102 Å². The molecule has 0 amide bonds. The minimum absolute atomic E-state index is 0.186. The summed E-state index contributed by atoms with van der Waals surface area (Å²) in [6, 6.07) is 19.1. The molecule has 0 aliphatic carbocycles. The fraction of sp³-hybridized carbons (Fsp3) is 0.160. The van der Waals surface area contributed by atoms with Crippen molar-refractivity contribution in [2.75, 3.05) is 5.75 Å². The maximum atomic E-state index is 13.6. The number of phenols is 1. The monoisotopic (exact) mass is 465 g/mol. The molecule has 0 spiro atoms. The van der Waals surface area contributed by atoms with Crippen molar-refractivity contribution in [3.63, 3.8) is 0 Å². The van der Waals surface area contributed by atoms with E-state index in [1.807, 2.05) is 23.2 Å². The van der Waals surface area contributed by atoms with Crippen LogP contribution >= 0.6 is 11.8 Å². The highest BCUT2D eigenvalue weighted by molar-refractivity contribution is 7.99. The number of nitrogens with zero attached hydrogens (tertiary/aromatic N) is 3. The van der Waals surface area contributed by atoms with Crippen LogP contribution in [-0.4, -0.2) is 36.9 Å². The summed E-state index contributed by atoms with van der Waals surface area (Å²) in [5.41, 5.74) is 3.93. The minimum Gasteiger partial charge on any atom is -0.508 e. The van der Waals surface area contributed by atoms with E-state index in [2.05, 4.69) is 0 Å². The third-order valence-corrected chi connectivity index (χ3v) is 6.94. The molecule has 2 heterocycles. The van der Waals surface area contributed by atoms with Gasteiger partial charge >= 0.3 is 0 Å². The van der Waals surface area contributed by atoms with E-state index in [1.54, 1.807) is 52.8 Å². The van der Waals surface area contributed by atoms with Gasteiger partial charge in [-0.15, -0.1) is 11.8 Å². The summed E-state index contributed by atoms with van der Waals surface area (Å²) in [6.45, 7) is 0.476. The molecule has 8 heteroatoms. The number of phenolic OH excluding ortho intramolecular Hbond substituents is 1. The van der Waals surface area contributed by atoms with Gasteiger partial charge in [0.2, 0.25) is 0 Å². The van der Waals surface area contributed by atoms with Gasteiger partial charge in [0.15, 0.2) is 0 Å². The highest BCUT2D eigenvalue weighted by atomic mass is 32.2. The molecule has 1 fully saturated rings. The van der Waals surface area contributed by atoms with Crippen molar-refractivity contribution >= 4 is 11.8 Å². The maximum absolute atomic E-state index is 13.6. The number of halogens is 2. The quantitative estimate of drug-likeness (QED) is 0.430. The van der Waals surface area contributed by atoms with Gasteiger partial charge in [-0.3, -0.25) is 4.90 Å². The van der Waals surface area contributed by atoms with Gasteiger partial charge in [0, 0.05) is 29.6 Å². The lowest BCUT2D eigenvalue weighted by Gasteiger charge is -2.26. The highest BCUT2D eigenvalue weighted by Crippen LogP contribution is 2.45. The molecule has 3 aromatic carbocycles. The van der Waals surface area contributed by atoms with Crippen molar-refractivity contribution in [3.8, 4) is 22.7 Å². The number of aliphatic hydroxyl groups is 1. The average molecular weight is 466 g/mol. The number of aliphatic hydroxyl groups excluding tert-OH is 1. The third-order valence-electron chi connectivity index (χ3n) is 5.61. The predicted molar refractivity (Wildman–Crippen MR) is 124 cm³/mol. The maximum Gasteiger partial charge on any atom is 0.123 e. The van der Waals surface area contributed by atoms with E-state index < -0.39 is 6.23 Å². The molecule has 33 heavy (non-hydrogen) atoms. The summed E-state index contributed by atoms with van der Waals surface area (Å²) in [5, 5.41) is 24.9. The van der Waals surface area contributed by atoms with Gasteiger partial charge in [-0.05, 0) is 66.2 Å². The highest BCUT2D eigenvalue weighted by Gasteiger charge is 2.36. The number of benzene rings is 3. The van der Waals surface area contributed by atoms with Gasteiger partial charge < -0.3 is 10.2 Å². The Morgan fingerprint density at radius 3 is 2.21 bits per heavy atom. The molecule has 1 aliphatic rings. The number of hydrogen-bond donors (Lipinski definition) is 2. The molecular formula is C25H21F2N3O2S. The van der Waals surface area contributed by atoms with Gasteiger partial charge in [-0.1, -0.05) is 12.1 Å². The van der Waals surface area contributed by atoms with Crippen molar-refractivity contribution in [1.29, 1.82) is 0 Å². The smallest absolute Gasteiger partial charge is 0.123 e. The largest absolute Gasteiger partial charge is 0.508 e.